The summed E-state index contributed by atoms with van der Waals surface area (Å²) < 4.78 is 7.22. The molecule has 108 valence electrons. The summed E-state index contributed by atoms with van der Waals surface area (Å²) in [7, 11) is 1.70. The van der Waals surface area contributed by atoms with Crippen molar-refractivity contribution < 1.29 is 14.6 Å². The summed E-state index contributed by atoms with van der Waals surface area (Å²) in [4.78, 5) is 14.9. The average Bonchev–Trinajstić information content (AvgIpc) is 2.65. The third-order valence-electron chi connectivity index (χ3n) is 2.91. The number of nitrogens with zero attached hydrogens (tertiary/aromatic N) is 2. The molecule has 19 heavy (non-hydrogen) atoms. The fourth-order valence-corrected chi connectivity index (χ4v) is 2.50. The number of aromatic nitrogens is 2. The summed E-state index contributed by atoms with van der Waals surface area (Å²) in [6.07, 6.45) is 2.74. The van der Waals surface area contributed by atoms with Crippen LogP contribution in [0.2, 0.25) is 0 Å². The maximum Gasteiger partial charge on any atom is 0.313 e. The quantitative estimate of drug-likeness (QED) is 0.744. The van der Waals surface area contributed by atoms with Crippen molar-refractivity contribution in [1.82, 2.24) is 9.55 Å². The van der Waals surface area contributed by atoms with Crippen LogP contribution in [0.3, 0.4) is 0 Å². The van der Waals surface area contributed by atoms with Crippen molar-refractivity contribution in [2.45, 2.75) is 38.9 Å². The summed E-state index contributed by atoms with van der Waals surface area (Å²) in [5.74, 6) is -0.787. The number of hydrogen-bond donors (Lipinski definition) is 1. The van der Waals surface area contributed by atoms with Crippen LogP contribution in [0.1, 0.15) is 26.0 Å². The zero-order valence-corrected chi connectivity index (χ0v) is 12.8. The van der Waals surface area contributed by atoms with Crippen LogP contribution in [0.25, 0.3) is 0 Å². The second-order valence-electron chi connectivity index (χ2n) is 5.36. The van der Waals surface area contributed by atoms with E-state index in [0.717, 1.165) is 30.4 Å². The fourth-order valence-electron chi connectivity index (χ4n) is 1.76. The molecular formula is C13H22N2O3S. The number of methoxy groups -OCH3 is 1. The van der Waals surface area contributed by atoms with Gasteiger partial charge in [0.05, 0.1) is 5.75 Å². The minimum absolute atomic E-state index is 0.0367. The summed E-state index contributed by atoms with van der Waals surface area (Å²) in [5, 5.41) is 9.52. The van der Waals surface area contributed by atoms with Gasteiger partial charge in [-0.25, -0.2) is 4.98 Å². The third kappa shape index (κ3) is 5.24. The van der Waals surface area contributed by atoms with E-state index < -0.39 is 5.97 Å². The molecule has 0 aliphatic carbocycles. The van der Waals surface area contributed by atoms with E-state index in [1.54, 1.807) is 13.3 Å². The Bertz CT molecular complexity index is 430. The van der Waals surface area contributed by atoms with E-state index in [4.69, 9.17) is 9.84 Å². The van der Waals surface area contributed by atoms with Crippen LogP contribution in [0.5, 0.6) is 0 Å². The van der Waals surface area contributed by atoms with Gasteiger partial charge in [-0.1, -0.05) is 25.6 Å². The van der Waals surface area contributed by atoms with Crippen LogP contribution in [0, 0.1) is 12.3 Å². The minimum atomic E-state index is -0.823. The Labute approximate surface area is 118 Å². The highest BCUT2D eigenvalue weighted by Gasteiger charge is 2.21. The number of thioether (sulfide) groups is 1. The first-order valence-corrected chi connectivity index (χ1v) is 7.20. The van der Waals surface area contributed by atoms with E-state index in [0.29, 0.717) is 0 Å². The zero-order valence-electron chi connectivity index (χ0n) is 12.0. The Morgan fingerprint density at radius 3 is 2.84 bits per heavy atom. The van der Waals surface area contributed by atoms with Crippen LogP contribution in [0.15, 0.2) is 11.4 Å². The monoisotopic (exact) mass is 286 g/mol. The number of imidazole rings is 1. The molecule has 0 aromatic carbocycles. The van der Waals surface area contributed by atoms with Crippen molar-refractivity contribution in [3.05, 3.63) is 11.9 Å². The fraction of sp³-hybridized carbons (Fsp3) is 0.692. The first-order chi connectivity index (χ1) is 8.85. The summed E-state index contributed by atoms with van der Waals surface area (Å²) in [6, 6.07) is 0. The molecule has 0 aliphatic rings. The smallest absolute Gasteiger partial charge is 0.313 e. The lowest BCUT2D eigenvalue weighted by Crippen LogP contribution is -2.22. The van der Waals surface area contributed by atoms with Gasteiger partial charge in [-0.3, -0.25) is 4.79 Å². The Morgan fingerprint density at radius 2 is 2.26 bits per heavy atom. The molecule has 1 N–H and O–H groups in total. The topological polar surface area (TPSA) is 64.4 Å². The van der Waals surface area contributed by atoms with Crippen LogP contribution < -0.4 is 0 Å². The van der Waals surface area contributed by atoms with Gasteiger partial charge in [-0.15, -0.1) is 0 Å². The summed E-state index contributed by atoms with van der Waals surface area (Å²) in [5.41, 5.74) is 1.14. The van der Waals surface area contributed by atoms with E-state index in [-0.39, 0.29) is 11.2 Å². The Hall–Kier alpha value is -1.01. The van der Waals surface area contributed by atoms with Gasteiger partial charge in [0.2, 0.25) is 0 Å². The van der Waals surface area contributed by atoms with Crippen molar-refractivity contribution in [3.8, 4) is 0 Å². The first kappa shape index (κ1) is 16.0. The highest BCUT2D eigenvalue weighted by Crippen LogP contribution is 2.27. The molecule has 1 heterocycles. The van der Waals surface area contributed by atoms with Crippen molar-refractivity contribution in [2.24, 2.45) is 5.41 Å². The Balaban J connectivity index is 2.76. The van der Waals surface area contributed by atoms with Gasteiger partial charge in [0.15, 0.2) is 5.16 Å². The van der Waals surface area contributed by atoms with Gasteiger partial charge in [0, 0.05) is 32.2 Å². The molecule has 5 nitrogen and oxygen atoms in total. The predicted octanol–water partition coefficient (Wildman–Crippen LogP) is 2.43. The lowest BCUT2D eigenvalue weighted by Gasteiger charge is -2.26. The minimum Gasteiger partial charge on any atom is -0.481 e. The van der Waals surface area contributed by atoms with E-state index in [9.17, 15) is 4.79 Å². The lowest BCUT2D eigenvalue weighted by atomic mass is 9.89. The predicted molar refractivity (Wildman–Crippen MR) is 75.6 cm³/mol. The summed E-state index contributed by atoms with van der Waals surface area (Å²) >= 11 is 1.26. The molecule has 0 radical (unpaired) electrons. The van der Waals surface area contributed by atoms with Gasteiger partial charge in [-0.05, 0) is 18.8 Å². The largest absolute Gasteiger partial charge is 0.481 e. The van der Waals surface area contributed by atoms with Gasteiger partial charge >= 0.3 is 5.97 Å². The summed E-state index contributed by atoms with van der Waals surface area (Å²) in [6.45, 7) is 7.88. The molecule has 0 amide bonds. The molecular weight excluding hydrogens is 264 g/mol. The SMILES string of the molecule is COCCC(C)(C)Cn1c(C)cnc1SCC(=O)O. The molecule has 0 bridgehead atoms. The molecule has 0 atom stereocenters. The highest BCUT2D eigenvalue weighted by atomic mass is 32.2. The van der Waals surface area contributed by atoms with E-state index in [2.05, 4.69) is 23.4 Å². The molecule has 6 heteroatoms. The number of aliphatic carboxylic acids is 1. The molecule has 0 saturated carbocycles. The Morgan fingerprint density at radius 1 is 1.58 bits per heavy atom. The van der Waals surface area contributed by atoms with Gasteiger partial charge in [0.1, 0.15) is 0 Å². The van der Waals surface area contributed by atoms with Crippen LogP contribution in [-0.2, 0) is 16.1 Å². The normalized spacial score (nSPS) is 11.8. The van der Waals surface area contributed by atoms with Crippen LogP contribution in [0.4, 0.5) is 0 Å². The molecule has 0 aliphatic heterocycles. The van der Waals surface area contributed by atoms with Crippen LogP contribution >= 0.6 is 11.8 Å². The number of carbonyl (C=O) groups is 1. The van der Waals surface area contributed by atoms with E-state index >= 15 is 0 Å². The molecule has 0 saturated heterocycles. The van der Waals surface area contributed by atoms with Crippen molar-refractivity contribution in [1.29, 1.82) is 0 Å². The number of hydrogen-bond acceptors (Lipinski definition) is 4. The van der Waals surface area contributed by atoms with Crippen molar-refractivity contribution in [3.63, 3.8) is 0 Å². The second-order valence-corrected chi connectivity index (χ2v) is 6.30. The highest BCUT2D eigenvalue weighted by molar-refractivity contribution is 7.99. The zero-order chi connectivity index (χ0) is 14.5. The Kier molecular flexibility index (Phi) is 5.87. The molecule has 0 spiro atoms. The molecule has 1 rings (SSSR count). The average molecular weight is 286 g/mol. The van der Waals surface area contributed by atoms with E-state index in [1.165, 1.54) is 11.8 Å². The van der Waals surface area contributed by atoms with E-state index in [1.807, 2.05) is 6.92 Å². The number of carboxylic acid groups (broad SMARTS) is 1. The van der Waals surface area contributed by atoms with Crippen molar-refractivity contribution >= 4 is 17.7 Å². The molecule has 1 aromatic rings. The van der Waals surface area contributed by atoms with Gasteiger partial charge in [-0.2, -0.15) is 0 Å². The number of carboxylic acids is 1. The first-order valence-electron chi connectivity index (χ1n) is 6.21. The van der Waals surface area contributed by atoms with Crippen molar-refractivity contribution in [2.75, 3.05) is 19.5 Å². The third-order valence-corrected chi connectivity index (χ3v) is 3.89. The number of aryl methyl sites for hydroxylation is 1. The molecule has 0 fully saturated rings. The maximum atomic E-state index is 10.6. The number of ether oxygens (including phenoxy) is 1. The lowest BCUT2D eigenvalue weighted by molar-refractivity contribution is -0.133. The number of rotatable bonds is 8. The molecule has 0 unspecified atom stereocenters. The second kappa shape index (κ2) is 6.96. The molecule has 1 aromatic heterocycles. The standard InChI is InChI=1S/C13H22N2O3S/c1-10-7-14-12(19-8-11(16)17)15(10)9-13(2,3)5-6-18-4/h7H,5-6,8-9H2,1-4H3,(H,16,17). The van der Waals surface area contributed by atoms with Gasteiger partial charge < -0.3 is 14.4 Å². The maximum absolute atomic E-state index is 10.6. The van der Waals surface area contributed by atoms with Crippen LogP contribution in [-0.4, -0.2) is 40.1 Å². The van der Waals surface area contributed by atoms with Gasteiger partial charge in [0.25, 0.3) is 0 Å².